The van der Waals surface area contributed by atoms with Gasteiger partial charge < -0.3 is 0 Å². The molecule has 0 saturated heterocycles. The fourth-order valence-corrected chi connectivity index (χ4v) is 4.89. The van der Waals surface area contributed by atoms with Crippen molar-refractivity contribution in [1.29, 1.82) is 0 Å². The first kappa shape index (κ1) is 17.8. The van der Waals surface area contributed by atoms with Crippen molar-refractivity contribution in [1.82, 2.24) is 19.3 Å². The van der Waals surface area contributed by atoms with E-state index in [0.29, 0.717) is 0 Å². The molecule has 1 saturated carbocycles. The molecule has 2 aromatic heterocycles. The van der Waals surface area contributed by atoms with Crippen molar-refractivity contribution >= 4 is 21.1 Å². The first-order chi connectivity index (χ1) is 11.6. The smallest absolute Gasteiger partial charge is 0.281 e. The van der Waals surface area contributed by atoms with E-state index in [1.165, 1.54) is 23.9 Å². The molecule has 9 heteroatoms. The second-order valence-electron chi connectivity index (χ2n) is 7.03. The molecule has 3 rings (SSSR count). The van der Waals surface area contributed by atoms with E-state index in [-0.39, 0.29) is 21.8 Å². The van der Waals surface area contributed by atoms with Gasteiger partial charge >= 0.3 is 5.69 Å². The number of rotatable bonds is 3. The number of nitrogens with one attached hydrogen (secondary N) is 2. The van der Waals surface area contributed by atoms with Gasteiger partial charge in [-0.1, -0.05) is 19.8 Å². The lowest BCUT2D eigenvalue weighted by Crippen LogP contribution is -2.52. The van der Waals surface area contributed by atoms with Gasteiger partial charge in [-0.15, -0.1) is 0 Å². The molecule has 136 valence electrons. The van der Waals surface area contributed by atoms with Gasteiger partial charge in [-0.25, -0.2) is 22.9 Å². The normalized spacial score (nSPS) is 24.5. The van der Waals surface area contributed by atoms with Crippen LogP contribution in [0.1, 0.15) is 39.5 Å². The molecule has 25 heavy (non-hydrogen) atoms. The Morgan fingerprint density at radius 3 is 2.76 bits per heavy atom. The van der Waals surface area contributed by atoms with E-state index in [1.54, 1.807) is 0 Å². The molecule has 2 atom stereocenters. The van der Waals surface area contributed by atoms with Crippen LogP contribution in [0.15, 0.2) is 26.7 Å². The summed E-state index contributed by atoms with van der Waals surface area (Å²) in [6.07, 6.45) is 4.99. The number of aryl methyl sites for hydroxylation is 1. The van der Waals surface area contributed by atoms with Gasteiger partial charge in [0.25, 0.3) is 5.56 Å². The van der Waals surface area contributed by atoms with Crippen LogP contribution in [0.2, 0.25) is 0 Å². The lowest BCUT2D eigenvalue weighted by atomic mass is 9.76. The second-order valence-corrected chi connectivity index (χ2v) is 8.71. The van der Waals surface area contributed by atoms with Gasteiger partial charge in [0.15, 0.2) is 0 Å². The average Bonchev–Trinajstić information content (AvgIpc) is 2.55. The van der Waals surface area contributed by atoms with Crippen molar-refractivity contribution in [2.24, 2.45) is 13.0 Å². The third kappa shape index (κ3) is 3.13. The number of fused-ring (bicyclic) bond motifs is 1. The number of pyridine rings is 1. The fourth-order valence-electron chi connectivity index (χ4n) is 3.39. The zero-order valence-electron chi connectivity index (χ0n) is 14.5. The van der Waals surface area contributed by atoms with Crippen LogP contribution in [0.25, 0.3) is 11.0 Å². The molecule has 2 unspecified atom stereocenters. The molecule has 1 fully saturated rings. The van der Waals surface area contributed by atoms with Crippen LogP contribution in [-0.2, 0) is 17.1 Å². The highest BCUT2D eigenvalue weighted by Crippen LogP contribution is 2.34. The lowest BCUT2D eigenvalue weighted by molar-refractivity contribution is 0.204. The van der Waals surface area contributed by atoms with Crippen LogP contribution in [0.4, 0.5) is 0 Å². The molecule has 0 aromatic carbocycles. The maximum absolute atomic E-state index is 12.8. The number of aromatic amines is 1. The van der Waals surface area contributed by atoms with Crippen LogP contribution in [-0.4, -0.2) is 28.5 Å². The third-order valence-electron chi connectivity index (χ3n) is 5.28. The maximum atomic E-state index is 12.8. The molecule has 2 heterocycles. The summed E-state index contributed by atoms with van der Waals surface area (Å²) in [5.41, 5.74) is -1.63. The minimum Gasteiger partial charge on any atom is -0.281 e. The highest BCUT2D eigenvalue weighted by Gasteiger charge is 2.37. The van der Waals surface area contributed by atoms with Crippen LogP contribution in [0.5, 0.6) is 0 Å². The summed E-state index contributed by atoms with van der Waals surface area (Å²) in [7, 11) is -2.37. The molecule has 2 aromatic rings. The van der Waals surface area contributed by atoms with Gasteiger partial charge in [0, 0.05) is 18.8 Å². The number of nitrogens with zero attached hydrogens (tertiary/aromatic N) is 2. The standard InChI is InChI=1S/C16H22N4O4S/c1-10-6-4-5-7-16(10,2)19-25(23,24)11-8-12-13(17-9-11)20(3)15(22)18-14(12)21/h8-10,19H,4-7H2,1-3H3,(H,18,21,22). The summed E-state index contributed by atoms with van der Waals surface area (Å²) >= 11 is 0. The monoisotopic (exact) mass is 366 g/mol. The van der Waals surface area contributed by atoms with Crippen molar-refractivity contribution in [3.8, 4) is 0 Å². The van der Waals surface area contributed by atoms with Gasteiger partial charge in [0.05, 0.1) is 5.39 Å². The second kappa shape index (κ2) is 6.06. The van der Waals surface area contributed by atoms with Crippen LogP contribution < -0.4 is 16.0 Å². The molecule has 0 amide bonds. The average molecular weight is 366 g/mol. The Morgan fingerprint density at radius 1 is 1.36 bits per heavy atom. The Bertz CT molecular complexity index is 1040. The summed E-state index contributed by atoms with van der Waals surface area (Å²) in [6, 6.07) is 1.26. The zero-order chi connectivity index (χ0) is 18.4. The van der Waals surface area contributed by atoms with E-state index in [0.717, 1.165) is 25.7 Å². The van der Waals surface area contributed by atoms with Crippen molar-refractivity contribution in [3.63, 3.8) is 0 Å². The van der Waals surface area contributed by atoms with Gasteiger partial charge in [-0.2, -0.15) is 0 Å². The Hall–Kier alpha value is -2.00. The van der Waals surface area contributed by atoms with Gasteiger partial charge in [-0.3, -0.25) is 14.3 Å². The number of sulfonamides is 1. The molecule has 8 nitrogen and oxygen atoms in total. The van der Waals surface area contributed by atoms with E-state index < -0.39 is 26.8 Å². The van der Waals surface area contributed by atoms with Crippen molar-refractivity contribution in [2.75, 3.05) is 0 Å². The highest BCUT2D eigenvalue weighted by molar-refractivity contribution is 7.89. The van der Waals surface area contributed by atoms with Crippen molar-refractivity contribution in [3.05, 3.63) is 33.1 Å². The maximum Gasteiger partial charge on any atom is 0.329 e. The molecule has 0 bridgehead atoms. The zero-order valence-corrected chi connectivity index (χ0v) is 15.3. The molecule has 1 aliphatic carbocycles. The summed E-state index contributed by atoms with van der Waals surface area (Å²) in [4.78, 5) is 29.7. The molecule has 0 spiro atoms. The number of H-pyrrole nitrogens is 1. The predicted molar refractivity (Wildman–Crippen MR) is 94.0 cm³/mol. The van der Waals surface area contributed by atoms with Crippen LogP contribution in [0, 0.1) is 5.92 Å². The van der Waals surface area contributed by atoms with E-state index in [1.807, 2.05) is 13.8 Å². The fraction of sp³-hybridized carbons (Fsp3) is 0.562. The first-order valence-electron chi connectivity index (χ1n) is 8.27. The van der Waals surface area contributed by atoms with Crippen LogP contribution >= 0.6 is 0 Å². The molecular formula is C16H22N4O4S. The van der Waals surface area contributed by atoms with Crippen molar-refractivity contribution < 1.29 is 8.42 Å². The topological polar surface area (TPSA) is 114 Å². The molecular weight excluding hydrogens is 344 g/mol. The quantitative estimate of drug-likeness (QED) is 0.837. The minimum atomic E-state index is -3.84. The van der Waals surface area contributed by atoms with Crippen molar-refractivity contribution in [2.45, 2.75) is 50.0 Å². The molecule has 0 aliphatic heterocycles. The first-order valence-corrected chi connectivity index (χ1v) is 9.75. The third-order valence-corrected chi connectivity index (χ3v) is 6.86. The number of aromatic nitrogens is 3. The number of hydrogen-bond donors (Lipinski definition) is 2. The van der Waals surface area contributed by atoms with E-state index >= 15 is 0 Å². The van der Waals surface area contributed by atoms with Gasteiger partial charge in [0.2, 0.25) is 10.0 Å². The molecule has 1 aliphatic rings. The summed E-state index contributed by atoms with van der Waals surface area (Å²) in [5, 5.41) is 0.0619. The predicted octanol–water partition coefficient (Wildman–Crippen LogP) is 0.869. The largest absolute Gasteiger partial charge is 0.329 e. The lowest BCUT2D eigenvalue weighted by Gasteiger charge is -2.40. The summed E-state index contributed by atoms with van der Waals surface area (Å²) in [6.45, 7) is 3.96. The number of hydrogen-bond acceptors (Lipinski definition) is 5. The minimum absolute atomic E-state index is 0.0619. The molecule has 2 N–H and O–H groups in total. The SMILES string of the molecule is CC1CCCCC1(C)NS(=O)(=O)c1cnc2c(c1)c(=O)[nH]c(=O)n2C. The highest BCUT2D eigenvalue weighted by atomic mass is 32.2. The van der Waals surface area contributed by atoms with E-state index in [4.69, 9.17) is 0 Å². The summed E-state index contributed by atoms with van der Waals surface area (Å²) in [5.74, 6) is 0.216. The van der Waals surface area contributed by atoms with Gasteiger partial charge in [-0.05, 0) is 31.7 Å². The van der Waals surface area contributed by atoms with E-state index in [2.05, 4.69) is 14.7 Å². The van der Waals surface area contributed by atoms with E-state index in [9.17, 15) is 18.0 Å². The Kier molecular flexibility index (Phi) is 4.32. The summed E-state index contributed by atoms with van der Waals surface area (Å²) < 4.78 is 29.6. The Labute approximate surface area is 145 Å². The Balaban J connectivity index is 2.06. The van der Waals surface area contributed by atoms with Gasteiger partial charge in [0.1, 0.15) is 10.5 Å². The van der Waals surface area contributed by atoms with Crippen LogP contribution in [0.3, 0.4) is 0 Å². The molecule has 0 radical (unpaired) electrons. The Morgan fingerprint density at radius 2 is 2.08 bits per heavy atom.